The Labute approximate surface area is 148 Å². The number of fused-ring (bicyclic) bond motifs is 1. The zero-order valence-corrected chi connectivity index (χ0v) is 14.8. The van der Waals surface area contributed by atoms with Crippen LogP contribution in [0.4, 0.5) is 0 Å². The Hall–Kier alpha value is -2.18. The highest BCUT2D eigenvalue weighted by molar-refractivity contribution is 7.20. The molecule has 1 unspecified atom stereocenters. The van der Waals surface area contributed by atoms with Crippen LogP contribution in [0.3, 0.4) is 0 Å². The number of hydrogen-bond acceptors (Lipinski definition) is 5. The number of carbonyl (C=O) groups is 1. The molecular formula is C18H16N2O2S2. The molecular weight excluding hydrogens is 340 g/mol. The topological polar surface area (TPSA) is 42.4 Å². The molecule has 0 saturated carbocycles. The summed E-state index contributed by atoms with van der Waals surface area (Å²) < 4.78 is 5.78. The first-order chi connectivity index (χ1) is 11.7. The molecule has 1 aromatic carbocycles. The Morgan fingerprint density at radius 3 is 2.96 bits per heavy atom. The summed E-state index contributed by atoms with van der Waals surface area (Å²) in [4.78, 5) is 20.1. The van der Waals surface area contributed by atoms with Crippen molar-refractivity contribution in [2.24, 2.45) is 0 Å². The van der Waals surface area contributed by atoms with Crippen molar-refractivity contribution in [3.05, 3.63) is 58.4 Å². The van der Waals surface area contributed by atoms with E-state index >= 15 is 0 Å². The van der Waals surface area contributed by atoms with E-state index in [1.165, 1.54) is 0 Å². The molecule has 0 bridgehead atoms. The summed E-state index contributed by atoms with van der Waals surface area (Å²) in [6.07, 6.45) is 0.208. The Kier molecular flexibility index (Phi) is 4.08. The van der Waals surface area contributed by atoms with E-state index in [-0.39, 0.29) is 5.91 Å². The van der Waals surface area contributed by atoms with Crippen LogP contribution in [-0.2, 0) is 17.8 Å². The molecule has 1 aliphatic heterocycles. The van der Waals surface area contributed by atoms with E-state index in [9.17, 15) is 4.79 Å². The molecule has 1 amide bonds. The number of likely N-dealkylation sites (N-methyl/N-ethyl adjacent to an activating group) is 1. The number of aromatic nitrogens is 1. The van der Waals surface area contributed by atoms with Gasteiger partial charge in [-0.05, 0) is 23.1 Å². The van der Waals surface area contributed by atoms with Crippen molar-refractivity contribution < 1.29 is 9.53 Å². The van der Waals surface area contributed by atoms with Gasteiger partial charge in [-0.15, -0.1) is 22.7 Å². The lowest BCUT2D eigenvalue weighted by Crippen LogP contribution is -2.38. The van der Waals surface area contributed by atoms with Crippen molar-refractivity contribution in [3.8, 4) is 15.6 Å². The molecule has 2 aromatic heterocycles. The van der Waals surface area contributed by atoms with Gasteiger partial charge in [0.2, 0.25) is 0 Å². The lowest BCUT2D eigenvalue weighted by molar-refractivity contribution is -0.137. The first-order valence-corrected chi connectivity index (χ1v) is 9.44. The predicted octanol–water partition coefficient (Wildman–Crippen LogP) is 3.83. The lowest BCUT2D eigenvalue weighted by Gasteiger charge is -2.19. The van der Waals surface area contributed by atoms with Crippen LogP contribution in [-0.4, -0.2) is 28.9 Å². The van der Waals surface area contributed by atoms with E-state index in [0.717, 1.165) is 26.9 Å². The number of para-hydroxylation sites is 1. The molecule has 0 spiro atoms. The second kappa shape index (κ2) is 6.37. The molecule has 24 heavy (non-hydrogen) atoms. The lowest BCUT2D eigenvalue weighted by atomic mass is 10.1. The van der Waals surface area contributed by atoms with Gasteiger partial charge >= 0.3 is 0 Å². The van der Waals surface area contributed by atoms with Gasteiger partial charge in [0.05, 0.1) is 17.1 Å². The molecule has 4 nitrogen and oxygen atoms in total. The van der Waals surface area contributed by atoms with Crippen LogP contribution in [0.15, 0.2) is 47.2 Å². The fraction of sp³-hybridized carbons (Fsp3) is 0.222. The zero-order valence-electron chi connectivity index (χ0n) is 13.1. The van der Waals surface area contributed by atoms with Crippen LogP contribution < -0.4 is 4.74 Å². The average molecular weight is 356 g/mol. The number of amides is 1. The van der Waals surface area contributed by atoms with Crippen LogP contribution in [0.5, 0.6) is 5.75 Å². The number of nitrogens with zero attached hydrogens (tertiary/aromatic N) is 2. The summed E-state index contributed by atoms with van der Waals surface area (Å²) in [6, 6.07) is 11.9. The van der Waals surface area contributed by atoms with Crippen molar-refractivity contribution in [3.63, 3.8) is 0 Å². The van der Waals surface area contributed by atoms with Gasteiger partial charge in [-0.1, -0.05) is 24.3 Å². The van der Waals surface area contributed by atoms with Gasteiger partial charge in [0.1, 0.15) is 10.8 Å². The summed E-state index contributed by atoms with van der Waals surface area (Å²) in [5, 5.41) is 5.06. The molecule has 4 rings (SSSR count). The largest absolute Gasteiger partial charge is 0.480 e. The SMILES string of the molecule is CN(Cc1csc(-c2cccs2)n1)C(=O)C1Cc2ccccc2O1. The maximum Gasteiger partial charge on any atom is 0.264 e. The van der Waals surface area contributed by atoms with Crippen molar-refractivity contribution in [1.29, 1.82) is 0 Å². The van der Waals surface area contributed by atoms with Gasteiger partial charge in [0.25, 0.3) is 5.91 Å². The number of carbonyl (C=O) groups excluding carboxylic acids is 1. The highest BCUT2D eigenvalue weighted by Gasteiger charge is 2.31. The molecule has 6 heteroatoms. The zero-order chi connectivity index (χ0) is 16.5. The average Bonchev–Trinajstić information content (AvgIpc) is 3.32. The fourth-order valence-corrected chi connectivity index (χ4v) is 4.40. The van der Waals surface area contributed by atoms with Crippen LogP contribution in [0.1, 0.15) is 11.3 Å². The first kappa shape index (κ1) is 15.4. The van der Waals surface area contributed by atoms with Gasteiger partial charge in [-0.2, -0.15) is 0 Å². The summed E-state index contributed by atoms with van der Waals surface area (Å²) in [5.74, 6) is 0.815. The summed E-state index contributed by atoms with van der Waals surface area (Å²) in [6.45, 7) is 0.497. The number of benzene rings is 1. The van der Waals surface area contributed by atoms with Crippen LogP contribution in [0.25, 0.3) is 9.88 Å². The minimum Gasteiger partial charge on any atom is -0.480 e. The molecule has 0 N–H and O–H groups in total. The Balaban J connectivity index is 1.42. The van der Waals surface area contributed by atoms with Crippen LogP contribution >= 0.6 is 22.7 Å². The standard InChI is InChI=1S/C18H16N2O2S2/c1-20(10-13-11-24-17(19-13)16-7-4-8-23-16)18(21)15-9-12-5-2-3-6-14(12)22-15/h2-8,11,15H,9-10H2,1H3. The highest BCUT2D eigenvalue weighted by Crippen LogP contribution is 2.30. The van der Waals surface area contributed by atoms with Gasteiger partial charge < -0.3 is 9.64 Å². The Morgan fingerprint density at radius 2 is 2.17 bits per heavy atom. The minimum atomic E-state index is -0.428. The molecule has 1 aliphatic rings. The number of thiazole rings is 1. The van der Waals surface area contributed by atoms with E-state index in [4.69, 9.17) is 4.74 Å². The van der Waals surface area contributed by atoms with E-state index in [0.29, 0.717) is 13.0 Å². The molecule has 0 aliphatic carbocycles. The van der Waals surface area contributed by atoms with Gasteiger partial charge in [-0.25, -0.2) is 4.98 Å². The normalized spacial score (nSPS) is 15.8. The number of rotatable bonds is 4. The number of ether oxygens (including phenoxy) is 1. The molecule has 3 heterocycles. The first-order valence-electron chi connectivity index (χ1n) is 7.68. The summed E-state index contributed by atoms with van der Waals surface area (Å²) in [5.41, 5.74) is 2.01. The van der Waals surface area contributed by atoms with E-state index in [2.05, 4.69) is 11.1 Å². The van der Waals surface area contributed by atoms with Crippen molar-refractivity contribution in [2.75, 3.05) is 7.05 Å². The Morgan fingerprint density at radius 1 is 1.29 bits per heavy atom. The quantitative estimate of drug-likeness (QED) is 0.713. The van der Waals surface area contributed by atoms with E-state index < -0.39 is 6.10 Å². The number of thiophene rings is 1. The minimum absolute atomic E-state index is 0.00289. The van der Waals surface area contributed by atoms with Crippen molar-refractivity contribution >= 4 is 28.6 Å². The van der Waals surface area contributed by atoms with Crippen molar-refractivity contribution in [1.82, 2.24) is 9.88 Å². The van der Waals surface area contributed by atoms with Crippen molar-refractivity contribution in [2.45, 2.75) is 19.1 Å². The monoisotopic (exact) mass is 356 g/mol. The van der Waals surface area contributed by atoms with Crippen LogP contribution in [0, 0.1) is 0 Å². The summed E-state index contributed by atoms with van der Waals surface area (Å²) >= 11 is 3.29. The molecule has 0 saturated heterocycles. The molecule has 1 atom stereocenters. The number of hydrogen-bond donors (Lipinski definition) is 0. The molecule has 0 radical (unpaired) electrons. The third-order valence-electron chi connectivity index (χ3n) is 3.98. The second-order valence-corrected chi connectivity index (χ2v) is 7.54. The summed E-state index contributed by atoms with van der Waals surface area (Å²) in [7, 11) is 1.80. The highest BCUT2D eigenvalue weighted by atomic mass is 32.1. The fourth-order valence-electron chi connectivity index (χ4n) is 2.78. The third kappa shape index (κ3) is 2.95. The van der Waals surface area contributed by atoms with Gasteiger partial charge in [-0.3, -0.25) is 4.79 Å². The third-order valence-corrected chi connectivity index (χ3v) is 5.91. The van der Waals surface area contributed by atoms with E-state index in [1.54, 1.807) is 34.6 Å². The van der Waals surface area contributed by atoms with Crippen LogP contribution in [0.2, 0.25) is 0 Å². The molecule has 3 aromatic rings. The van der Waals surface area contributed by atoms with Gasteiger partial charge in [0, 0.05) is 18.8 Å². The Bertz CT molecular complexity index is 833. The second-order valence-electron chi connectivity index (χ2n) is 5.73. The maximum absolute atomic E-state index is 12.6. The smallest absolute Gasteiger partial charge is 0.264 e. The maximum atomic E-state index is 12.6. The predicted molar refractivity (Wildman–Crippen MR) is 96.5 cm³/mol. The molecule has 122 valence electrons. The molecule has 0 fully saturated rings. The van der Waals surface area contributed by atoms with E-state index in [1.807, 2.05) is 41.1 Å². The van der Waals surface area contributed by atoms with Gasteiger partial charge in [0.15, 0.2) is 6.10 Å².